The van der Waals surface area contributed by atoms with E-state index in [1.54, 1.807) is 24.8 Å². The van der Waals surface area contributed by atoms with Crippen molar-refractivity contribution < 1.29 is 37.8 Å². The van der Waals surface area contributed by atoms with Gasteiger partial charge in [0.05, 0.1) is 53.3 Å². The highest BCUT2D eigenvalue weighted by Gasteiger charge is 2.52. The topological polar surface area (TPSA) is 237 Å². The van der Waals surface area contributed by atoms with Gasteiger partial charge in [0.1, 0.15) is 0 Å². The number of aromatic nitrogens is 6. The smallest absolute Gasteiger partial charge is 0.474 e. The standard InChI is InChI=1S/C30H39N5O4.C23H30BrN3O3.C13H21BN2O3/c1-7-35(23-8-10-38-11-9-23)27-14-22(26-16-32-28(17-31-26)39-18(2)3)13-24(21(27)6)29(36)33-15-25-19(4)12-20(5)34-30(25)37;1-5-27(18-6-8-30-9-7-18)21-12-17(24)11-19(16(21)4)22(28)25-13-20-14(2)10-15(3)26-23(20)29;1-9(2)17-11-8-15-10(7-16-11)14-18-12(3,4)13(5,6)19-14/h12-14,16-18,23H,7-11,15H2,1-6H3,(H,33,36)(H,34,37);10-12,18H,5-9,13H2,1-4H3,(H,25,28)(H,26,29);7-9H,1-6H3. The average molecular weight is 1270 g/mol. The first kappa shape index (κ1) is 68.5. The third kappa shape index (κ3) is 17.5. The molecule has 88 heavy (non-hydrogen) atoms. The molecule has 20 nitrogen and oxygen atoms in total. The van der Waals surface area contributed by atoms with Gasteiger partial charge >= 0.3 is 7.12 Å². The van der Waals surface area contributed by atoms with Gasteiger partial charge in [-0.2, -0.15) is 0 Å². The second-order valence-electron chi connectivity index (χ2n) is 24.2. The minimum absolute atomic E-state index is 0.00610. The normalized spacial score (nSPS) is 15.6. The second-order valence-corrected chi connectivity index (χ2v) is 25.1. The molecule has 0 spiro atoms. The van der Waals surface area contributed by atoms with Gasteiger partial charge in [-0.05, 0) is 195 Å². The van der Waals surface area contributed by atoms with Gasteiger partial charge in [0.25, 0.3) is 22.9 Å². The van der Waals surface area contributed by atoms with Crippen LogP contribution >= 0.6 is 15.9 Å². The molecule has 6 aromatic rings. The molecule has 2 aromatic carbocycles. The lowest BCUT2D eigenvalue weighted by Gasteiger charge is -2.37. The van der Waals surface area contributed by atoms with Crippen LogP contribution < -0.4 is 46.6 Å². The fourth-order valence-electron chi connectivity index (χ4n) is 11.0. The van der Waals surface area contributed by atoms with Crippen molar-refractivity contribution in [3.63, 3.8) is 0 Å². The summed E-state index contributed by atoms with van der Waals surface area (Å²) < 4.78 is 34.9. The van der Waals surface area contributed by atoms with E-state index in [1.165, 1.54) is 0 Å². The number of H-pyrrole nitrogens is 2. The lowest BCUT2D eigenvalue weighted by molar-refractivity contribution is 0.00578. The number of pyridine rings is 2. The molecule has 0 atom stereocenters. The molecule has 22 heteroatoms. The van der Waals surface area contributed by atoms with Crippen molar-refractivity contribution in [2.24, 2.45) is 0 Å². The maximum absolute atomic E-state index is 13.6. The Morgan fingerprint density at radius 3 is 1.45 bits per heavy atom. The van der Waals surface area contributed by atoms with Gasteiger partial charge < -0.3 is 58.7 Å². The molecule has 2 amide bonds. The maximum Gasteiger partial charge on any atom is 0.516 e. The lowest BCUT2D eigenvalue weighted by Crippen LogP contribution is -2.41. The minimum atomic E-state index is -0.481. The Bertz CT molecular complexity index is 3460. The Kier molecular flexibility index (Phi) is 23.7. The van der Waals surface area contributed by atoms with Crippen LogP contribution in [0.2, 0.25) is 0 Å². The maximum atomic E-state index is 13.6. The van der Waals surface area contributed by atoms with Crippen molar-refractivity contribution in [2.75, 3.05) is 49.3 Å². The zero-order chi connectivity index (χ0) is 64.2. The molecule has 7 heterocycles. The fraction of sp³-hybridized carbons (Fsp3) is 0.515. The van der Waals surface area contributed by atoms with Crippen molar-refractivity contribution in [3.05, 3.63) is 142 Å². The SMILES string of the molecule is CC(C)Oc1cnc(B2OC(C)(C)C(C)(C)O2)cn1.CCN(c1cc(-c2cnc(OC(C)C)cn2)cc(C(=O)NCc2c(C)cc(C)[nH]c2=O)c1C)C1CCOCC1.CCN(c1cc(Br)cc(C(=O)NCc2c(C)cc(C)[nH]c2=O)c1C)C1CCOCC1. The van der Waals surface area contributed by atoms with Crippen LogP contribution in [0.5, 0.6) is 11.8 Å². The summed E-state index contributed by atoms with van der Waals surface area (Å²) in [6.07, 6.45) is 10.4. The number of ether oxygens (including phenoxy) is 4. The number of anilines is 2. The first-order valence-electron chi connectivity index (χ1n) is 30.6. The van der Waals surface area contributed by atoms with Crippen molar-refractivity contribution in [1.29, 1.82) is 0 Å². The third-order valence-electron chi connectivity index (χ3n) is 16.4. The third-order valence-corrected chi connectivity index (χ3v) is 16.9. The van der Waals surface area contributed by atoms with Crippen LogP contribution in [0.3, 0.4) is 0 Å². The number of carbonyl (C=O) groups is 2. The highest BCUT2D eigenvalue weighted by atomic mass is 79.9. The number of aromatic amines is 2. The van der Waals surface area contributed by atoms with E-state index in [-0.39, 0.29) is 59.4 Å². The summed E-state index contributed by atoms with van der Waals surface area (Å²) in [5.74, 6) is 0.536. The Balaban J connectivity index is 0.000000200. The molecule has 474 valence electrons. The Morgan fingerprint density at radius 1 is 0.625 bits per heavy atom. The van der Waals surface area contributed by atoms with Gasteiger partial charge in [0, 0.05) is 126 Å². The predicted molar refractivity (Wildman–Crippen MR) is 349 cm³/mol. The summed E-state index contributed by atoms with van der Waals surface area (Å²) in [5.41, 5.74) is 10.5. The van der Waals surface area contributed by atoms with E-state index in [1.807, 2.05) is 121 Å². The van der Waals surface area contributed by atoms with E-state index >= 15 is 0 Å². The van der Waals surface area contributed by atoms with Crippen LogP contribution in [0.25, 0.3) is 11.3 Å². The zero-order valence-electron chi connectivity index (χ0n) is 54.3. The highest BCUT2D eigenvalue weighted by molar-refractivity contribution is 9.10. The monoisotopic (exact) mass is 1270 g/mol. The van der Waals surface area contributed by atoms with Crippen molar-refractivity contribution in [3.8, 4) is 23.0 Å². The van der Waals surface area contributed by atoms with Crippen LogP contribution in [-0.2, 0) is 31.9 Å². The largest absolute Gasteiger partial charge is 0.516 e. The zero-order valence-corrected chi connectivity index (χ0v) is 55.9. The molecule has 3 aliphatic rings. The quantitative estimate of drug-likeness (QED) is 0.0586. The molecule has 4 aromatic heterocycles. The van der Waals surface area contributed by atoms with Crippen LogP contribution in [0.15, 0.2) is 75.2 Å². The summed E-state index contributed by atoms with van der Waals surface area (Å²) in [4.78, 5) is 79.3. The predicted octanol–water partition coefficient (Wildman–Crippen LogP) is 10.0. The van der Waals surface area contributed by atoms with Crippen LogP contribution in [0.1, 0.15) is 160 Å². The first-order valence-corrected chi connectivity index (χ1v) is 31.4. The fourth-order valence-corrected chi connectivity index (χ4v) is 11.5. The summed E-state index contributed by atoms with van der Waals surface area (Å²) in [6.45, 7) is 36.5. The number of halogens is 1. The van der Waals surface area contributed by atoms with Crippen LogP contribution in [-0.4, -0.2) is 124 Å². The second kappa shape index (κ2) is 30.5. The number of aryl methyl sites for hydroxylation is 4. The number of nitrogens with one attached hydrogen (secondary N) is 4. The van der Waals surface area contributed by atoms with Gasteiger partial charge in [0.15, 0.2) is 0 Å². The average Bonchev–Trinajstić information content (AvgIpc) is 1.64. The number of nitrogens with zero attached hydrogens (tertiary/aromatic N) is 6. The highest BCUT2D eigenvalue weighted by Crippen LogP contribution is 2.37. The first-order chi connectivity index (χ1) is 41.7. The van der Waals surface area contributed by atoms with Gasteiger partial charge in [0.2, 0.25) is 11.8 Å². The van der Waals surface area contributed by atoms with E-state index in [9.17, 15) is 19.2 Å². The van der Waals surface area contributed by atoms with Gasteiger partial charge in [-0.15, -0.1) is 0 Å². The van der Waals surface area contributed by atoms with E-state index in [0.29, 0.717) is 57.4 Å². The summed E-state index contributed by atoms with van der Waals surface area (Å²) in [6, 6.07) is 12.4. The lowest BCUT2D eigenvalue weighted by atomic mass is 9.85. The van der Waals surface area contributed by atoms with Crippen molar-refractivity contribution in [2.45, 2.75) is 185 Å². The summed E-state index contributed by atoms with van der Waals surface area (Å²) >= 11 is 3.58. The number of hydrogen-bond donors (Lipinski definition) is 4. The molecule has 9 rings (SSSR count). The van der Waals surface area contributed by atoms with Crippen LogP contribution in [0, 0.1) is 41.5 Å². The van der Waals surface area contributed by atoms with Gasteiger partial charge in [-0.3, -0.25) is 24.2 Å². The molecule has 3 saturated heterocycles. The van der Waals surface area contributed by atoms with E-state index in [2.05, 4.69) is 92.2 Å². The molecule has 0 saturated carbocycles. The van der Waals surface area contributed by atoms with Gasteiger partial charge in [-0.1, -0.05) is 15.9 Å². The molecule has 0 aliphatic carbocycles. The molecule has 0 radical (unpaired) electrons. The van der Waals surface area contributed by atoms with E-state index < -0.39 is 7.12 Å². The number of carbonyl (C=O) groups excluding carboxylic acids is 2. The number of benzene rings is 2. The summed E-state index contributed by atoms with van der Waals surface area (Å²) in [7, 11) is -0.481. The Labute approximate surface area is 527 Å². The number of amides is 2. The van der Waals surface area contributed by atoms with E-state index in [0.717, 1.165) is 120 Å². The molecule has 0 unspecified atom stereocenters. The molecule has 3 aliphatic heterocycles. The van der Waals surface area contributed by atoms with E-state index in [4.69, 9.17) is 28.3 Å². The van der Waals surface area contributed by atoms with Crippen molar-refractivity contribution in [1.82, 2.24) is 40.5 Å². The number of hydrogen-bond acceptors (Lipinski definition) is 16. The summed E-state index contributed by atoms with van der Waals surface area (Å²) in [5, 5.41) is 5.91. The van der Waals surface area contributed by atoms with Gasteiger partial charge in [-0.25, -0.2) is 15.0 Å². The number of rotatable bonds is 18. The molecule has 4 N–H and O–H groups in total. The van der Waals surface area contributed by atoms with Crippen LogP contribution in [0.4, 0.5) is 11.4 Å². The minimum Gasteiger partial charge on any atom is -0.474 e. The molecular formula is C66H90BBrN10O10. The van der Waals surface area contributed by atoms with Crippen molar-refractivity contribution >= 4 is 51.8 Å². The molecular weight excluding hydrogens is 1180 g/mol. The Morgan fingerprint density at radius 2 is 1.06 bits per heavy atom. The Hall–Kier alpha value is -6.98. The molecule has 0 bridgehead atoms. The molecule has 3 fully saturated rings.